The lowest BCUT2D eigenvalue weighted by atomic mass is 9.98. The average molecular weight is 365 g/mol. The summed E-state index contributed by atoms with van der Waals surface area (Å²) in [6, 6.07) is 3.41. The lowest BCUT2D eigenvalue weighted by Gasteiger charge is -2.32. The zero-order chi connectivity index (χ0) is 18.1. The Balaban J connectivity index is 2.21. The normalized spacial score (nSPS) is 15.2. The maximum Gasteiger partial charge on any atom is 0.235 e. The fourth-order valence-corrected chi connectivity index (χ4v) is 3.19. The van der Waals surface area contributed by atoms with Gasteiger partial charge in [-0.1, -0.05) is 18.5 Å². The van der Waals surface area contributed by atoms with Crippen molar-refractivity contribution in [2.24, 2.45) is 5.92 Å². The molecule has 1 aromatic carbocycles. The van der Waals surface area contributed by atoms with Crippen LogP contribution < -0.4 is 4.90 Å². The van der Waals surface area contributed by atoms with E-state index in [0.29, 0.717) is 19.0 Å². The molecule has 0 aliphatic carbocycles. The molecule has 0 atom stereocenters. The van der Waals surface area contributed by atoms with Crippen LogP contribution in [-0.4, -0.2) is 28.2 Å². The molecule has 5 nitrogen and oxygen atoms in total. The van der Waals surface area contributed by atoms with E-state index in [2.05, 4.69) is 16.9 Å². The highest BCUT2D eigenvalue weighted by atomic mass is 35.5. The average Bonchev–Trinajstić information content (AvgIpc) is 2.55. The van der Waals surface area contributed by atoms with Gasteiger partial charge in [0.2, 0.25) is 5.82 Å². The summed E-state index contributed by atoms with van der Waals surface area (Å²) in [7, 11) is 0. The molecular weight excluding hydrogens is 350 g/mol. The van der Waals surface area contributed by atoms with Crippen molar-refractivity contribution < 1.29 is 13.9 Å². The van der Waals surface area contributed by atoms with E-state index in [1.807, 2.05) is 11.0 Å². The summed E-state index contributed by atoms with van der Waals surface area (Å²) in [4.78, 5) is 9.83. The number of aromatic hydroxyl groups is 1. The minimum Gasteiger partial charge on any atom is -0.508 e. The Bertz CT molecular complexity index is 837. The van der Waals surface area contributed by atoms with Crippen molar-refractivity contribution in [3.63, 3.8) is 0 Å². The van der Waals surface area contributed by atoms with Gasteiger partial charge < -0.3 is 10.0 Å². The predicted molar refractivity (Wildman–Crippen MR) is 89.4 cm³/mol. The highest BCUT2D eigenvalue weighted by Crippen LogP contribution is 2.40. The van der Waals surface area contributed by atoms with Crippen LogP contribution in [0, 0.1) is 28.9 Å². The van der Waals surface area contributed by atoms with Gasteiger partial charge in [0.15, 0.2) is 0 Å². The SMILES string of the molecule is CC1CCN(c2nc(C#N)nc(Cl)c2-c2c(F)cc(O)cc2F)CC1. The second-order valence-electron chi connectivity index (χ2n) is 6.10. The van der Waals surface area contributed by atoms with Gasteiger partial charge in [-0.2, -0.15) is 5.26 Å². The van der Waals surface area contributed by atoms with Crippen molar-refractivity contribution in [3.8, 4) is 22.9 Å². The number of aromatic nitrogens is 2. The molecule has 3 rings (SSSR count). The first-order chi connectivity index (χ1) is 11.9. The van der Waals surface area contributed by atoms with E-state index < -0.39 is 22.9 Å². The quantitative estimate of drug-likeness (QED) is 0.818. The molecule has 0 unspecified atom stereocenters. The van der Waals surface area contributed by atoms with Crippen molar-refractivity contribution in [2.45, 2.75) is 19.8 Å². The lowest BCUT2D eigenvalue weighted by Crippen LogP contribution is -2.34. The number of nitrogens with zero attached hydrogens (tertiary/aromatic N) is 4. The van der Waals surface area contributed by atoms with Crippen LogP contribution in [0.4, 0.5) is 14.6 Å². The maximum absolute atomic E-state index is 14.4. The third-order valence-corrected chi connectivity index (χ3v) is 4.58. The molecule has 2 heterocycles. The van der Waals surface area contributed by atoms with Crippen molar-refractivity contribution in [3.05, 3.63) is 34.7 Å². The molecule has 1 aromatic heterocycles. The van der Waals surface area contributed by atoms with Gasteiger partial charge in [-0.3, -0.25) is 0 Å². The third-order valence-electron chi connectivity index (χ3n) is 4.31. The molecule has 1 N–H and O–H groups in total. The number of piperidine rings is 1. The Morgan fingerprint density at radius 1 is 1.20 bits per heavy atom. The Morgan fingerprint density at radius 2 is 1.80 bits per heavy atom. The smallest absolute Gasteiger partial charge is 0.235 e. The number of halogens is 3. The van der Waals surface area contributed by atoms with E-state index >= 15 is 0 Å². The third kappa shape index (κ3) is 3.35. The van der Waals surface area contributed by atoms with Crippen molar-refractivity contribution in [1.29, 1.82) is 5.26 Å². The summed E-state index contributed by atoms with van der Waals surface area (Å²) < 4.78 is 28.7. The Labute approximate surface area is 148 Å². The summed E-state index contributed by atoms with van der Waals surface area (Å²) in [5, 5.41) is 18.3. The Hall–Kier alpha value is -2.46. The zero-order valence-corrected chi connectivity index (χ0v) is 14.2. The van der Waals surface area contributed by atoms with Gasteiger partial charge in [-0.25, -0.2) is 18.7 Å². The molecule has 130 valence electrons. The van der Waals surface area contributed by atoms with Crippen LogP contribution in [0.2, 0.25) is 5.15 Å². The van der Waals surface area contributed by atoms with Gasteiger partial charge in [0.1, 0.15) is 34.4 Å². The van der Waals surface area contributed by atoms with Gasteiger partial charge in [-0.05, 0) is 18.8 Å². The highest BCUT2D eigenvalue weighted by Gasteiger charge is 2.27. The highest BCUT2D eigenvalue weighted by molar-refractivity contribution is 6.32. The minimum absolute atomic E-state index is 0.00906. The molecule has 2 aromatic rings. The summed E-state index contributed by atoms with van der Waals surface area (Å²) in [5.74, 6) is -1.88. The summed E-state index contributed by atoms with van der Waals surface area (Å²) >= 11 is 6.15. The number of benzene rings is 1. The van der Waals surface area contributed by atoms with Gasteiger partial charge >= 0.3 is 0 Å². The summed E-state index contributed by atoms with van der Waals surface area (Å²) in [5.41, 5.74) is -0.425. The number of nitriles is 1. The topological polar surface area (TPSA) is 73.0 Å². The van der Waals surface area contributed by atoms with E-state index in [0.717, 1.165) is 25.0 Å². The van der Waals surface area contributed by atoms with E-state index in [1.54, 1.807) is 0 Å². The van der Waals surface area contributed by atoms with Gasteiger partial charge in [0.05, 0.1) is 11.1 Å². The Kier molecular flexibility index (Phi) is 4.73. The fraction of sp³-hybridized carbons (Fsp3) is 0.353. The van der Waals surface area contributed by atoms with Crippen molar-refractivity contribution >= 4 is 17.4 Å². The molecule has 8 heteroatoms. The second-order valence-corrected chi connectivity index (χ2v) is 6.46. The van der Waals surface area contributed by atoms with Gasteiger partial charge in [0.25, 0.3) is 0 Å². The first-order valence-corrected chi connectivity index (χ1v) is 8.19. The molecule has 0 saturated carbocycles. The van der Waals surface area contributed by atoms with Gasteiger partial charge in [0, 0.05) is 25.2 Å². The number of phenols is 1. The van der Waals surface area contributed by atoms with Crippen LogP contribution in [0.3, 0.4) is 0 Å². The zero-order valence-electron chi connectivity index (χ0n) is 13.4. The molecule has 0 bridgehead atoms. The largest absolute Gasteiger partial charge is 0.508 e. The van der Waals surface area contributed by atoms with Crippen LogP contribution >= 0.6 is 11.6 Å². The maximum atomic E-state index is 14.4. The number of hydrogen-bond donors (Lipinski definition) is 1. The van der Waals surface area contributed by atoms with Crippen molar-refractivity contribution in [2.75, 3.05) is 18.0 Å². The number of phenolic OH excluding ortho intramolecular Hbond substituents is 1. The second kappa shape index (κ2) is 6.81. The summed E-state index contributed by atoms with van der Waals surface area (Å²) in [6.45, 7) is 3.40. The predicted octanol–water partition coefficient (Wildman–Crippen LogP) is 3.89. The van der Waals surface area contributed by atoms with Gasteiger partial charge in [-0.15, -0.1) is 0 Å². The van der Waals surface area contributed by atoms with E-state index in [9.17, 15) is 13.9 Å². The fourth-order valence-electron chi connectivity index (χ4n) is 2.94. The molecule has 0 amide bonds. The molecule has 1 fully saturated rings. The standard InChI is InChI=1S/C17H15ClF2N4O/c1-9-2-4-24(5-3-9)17-15(16(18)22-13(8-21)23-17)14-11(19)6-10(25)7-12(14)20/h6-7,9,25H,2-5H2,1H3. The number of hydrogen-bond acceptors (Lipinski definition) is 5. The van der Waals surface area contributed by atoms with E-state index in [1.165, 1.54) is 0 Å². The molecule has 1 aliphatic rings. The number of rotatable bonds is 2. The van der Waals surface area contributed by atoms with Crippen LogP contribution in [0.5, 0.6) is 5.75 Å². The van der Waals surface area contributed by atoms with Crippen LogP contribution in [0.15, 0.2) is 12.1 Å². The van der Waals surface area contributed by atoms with Crippen LogP contribution in [-0.2, 0) is 0 Å². The lowest BCUT2D eigenvalue weighted by molar-refractivity contribution is 0.436. The van der Waals surface area contributed by atoms with Crippen molar-refractivity contribution in [1.82, 2.24) is 9.97 Å². The van der Waals surface area contributed by atoms with Crippen LogP contribution in [0.25, 0.3) is 11.1 Å². The van der Waals surface area contributed by atoms with E-state index in [-0.39, 0.29) is 22.4 Å². The molecule has 1 aliphatic heterocycles. The molecule has 0 spiro atoms. The monoisotopic (exact) mass is 364 g/mol. The first kappa shape index (κ1) is 17.4. The van der Waals surface area contributed by atoms with E-state index in [4.69, 9.17) is 16.9 Å². The first-order valence-electron chi connectivity index (χ1n) is 7.81. The molecule has 25 heavy (non-hydrogen) atoms. The van der Waals surface area contributed by atoms with Crippen LogP contribution in [0.1, 0.15) is 25.6 Å². The molecular formula is C17H15ClF2N4O. The summed E-state index contributed by atoms with van der Waals surface area (Å²) in [6.07, 6.45) is 1.78. The number of anilines is 1. The Morgan fingerprint density at radius 3 is 2.36 bits per heavy atom. The molecule has 0 radical (unpaired) electrons. The minimum atomic E-state index is -0.973. The molecule has 1 saturated heterocycles.